The molecule has 0 amide bonds. The van der Waals surface area contributed by atoms with Crippen molar-refractivity contribution in [1.82, 2.24) is 0 Å². The van der Waals surface area contributed by atoms with Crippen molar-refractivity contribution in [3.63, 3.8) is 0 Å². The van der Waals surface area contributed by atoms with Crippen LogP contribution in [0.5, 0.6) is 11.5 Å². The molecule has 0 spiro atoms. The van der Waals surface area contributed by atoms with Gasteiger partial charge in [-0.2, -0.15) is 0 Å². The normalized spacial score (nSPS) is 14.7. The topological polar surface area (TPSA) is 18.5 Å². The monoisotopic (exact) mass is 252 g/mol. The zero-order chi connectivity index (χ0) is 12.9. The van der Waals surface area contributed by atoms with E-state index in [2.05, 4.69) is 20.8 Å². The molecule has 0 fully saturated rings. The third-order valence-electron chi connectivity index (χ3n) is 2.95. The highest BCUT2D eigenvalue weighted by Crippen LogP contribution is 2.34. The summed E-state index contributed by atoms with van der Waals surface area (Å²) in [6.07, 6.45) is 0. The van der Waals surface area contributed by atoms with Crippen LogP contribution in [0.15, 0.2) is 24.3 Å². The van der Waals surface area contributed by atoms with E-state index in [1.165, 1.54) is 0 Å². The van der Waals surface area contributed by atoms with E-state index in [1.54, 1.807) is 0 Å². The van der Waals surface area contributed by atoms with Gasteiger partial charge in [-0.25, -0.2) is 0 Å². The van der Waals surface area contributed by atoms with E-state index in [0.29, 0.717) is 5.92 Å². The maximum absolute atomic E-state index is 5.76. The van der Waals surface area contributed by atoms with Gasteiger partial charge in [0.1, 0.15) is 0 Å². The Bertz CT molecular complexity index is 312. The lowest BCUT2D eigenvalue weighted by Gasteiger charge is -2.28. The Hall–Kier alpha value is -1.18. The van der Waals surface area contributed by atoms with Crippen molar-refractivity contribution in [2.45, 2.75) is 42.0 Å². The lowest BCUT2D eigenvalue weighted by molar-refractivity contribution is 0.114. The van der Waals surface area contributed by atoms with Gasteiger partial charge in [0.2, 0.25) is 0 Å². The molecule has 0 aromatic heterocycles. The van der Waals surface area contributed by atoms with Crippen molar-refractivity contribution in [3.05, 3.63) is 24.3 Å². The number of fused-ring (bicyclic) bond motifs is 1. The molecule has 1 aromatic carbocycles. The van der Waals surface area contributed by atoms with Crippen molar-refractivity contribution < 1.29 is 9.47 Å². The van der Waals surface area contributed by atoms with Crippen molar-refractivity contribution in [2.24, 2.45) is 11.3 Å². The van der Waals surface area contributed by atoms with Crippen LogP contribution in [0.3, 0.4) is 0 Å². The molecule has 0 atom stereocenters. The highest BCUT2D eigenvalue weighted by Gasteiger charge is 2.28. The fraction of sp³-hybridized carbons (Fsp3) is 0.625. The summed E-state index contributed by atoms with van der Waals surface area (Å²) in [6, 6.07) is 7.86. The lowest BCUT2D eigenvalue weighted by Crippen LogP contribution is -2.30. The predicted octanol–water partition coefficient (Wildman–Crippen LogP) is 4.78. The minimum Gasteiger partial charge on any atom is -0.489 e. The molecule has 1 aromatic rings. The van der Waals surface area contributed by atoms with Gasteiger partial charge < -0.3 is 9.47 Å². The minimum atomic E-state index is 0. The molecule has 0 saturated heterocycles. The van der Waals surface area contributed by atoms with Gasteiger partial charge in [-0.3, -0.25) is 0 Å². The molecule has 18 heavy (non-hydrogen) atoms. The summed E-state index contributed by atoms with van der Waals surface area (Å²) in [6.45, 7) is 12.1. The van der Waals surface area contributed by atoms with Crippen LogP contribution in [0, 0.1) is 11.3 Å². The fourth-order valence-corrected chi connectivity index (χ4v) is 1.62. The average molecular weight is 252 g/mol. The highest BCUT2D eigenvalue weighted by atomic mass is 16.5. The number of benzene rings is 1. The second-order valence-electron chi connectivity index (χ2n) is 5.13. The van der Waals surface area contributed by atoms with Crippen LogP contribution in [-0.2, 0) is 0 Å². The molecule has 2 heteroatoms. The third-order valence-corrected chi connectivity index (χ3v) is 2.95. The molecule has 0 saturated carbocycles. The van der Waals surface area contributed by atoms with Crippen molar-refractivity contribution in [1.29, 1.82) is 0 Å². The van der Waals surface area contributed by atoms with Crippen molar-refractivity contribution in [2.75, 3.05) is 13.2 Å². The van der Waals surface area contributed by atoms with Crippen LogP contribution >= 0.6 is 0 Å². The molecule has 1 heterocycles. The zero-order valence-electron chi connectivity index (χ0n) is 11.6. The van der Waals surface area contributed by atoms with Crippen LogP contribution in [-0.4, -0.2) is 13.2 Å². The first kappa shape index (κ1) is 16.8. The van der Waals surface area contributed by atoms with Gasteiger partial charge in [-0.1, -0.05) is 54.2 Å². The Labute approximate surface area is 112 Å². The average Bonchev–Trinajstić information content (AvgIpc) is 2.53. The Morgan fingerprint density at radius 1 is 0.944 bits per heavy atom. The van der Waals surface area contributed by atoms with E-state index in [0.717, 1.165) is 24.7 Å². The molecule has 0 bridgehead atoms. The summed E-state index contributed by atoms with van der Waals surface area (Å²) in [4.78, 5) is 0. The van der Waals surface area contributed by atoms with Gasteiger partial charge in [-0.15, -0.1) is 0 Å². The lowest BCUT2D eigenvalue weighted by atomic mass is 9.82. The Morgan fingerprint density at radius 2 is 1.33 bits per heavy atom. The molecule has 2 nitrogen and oxygen atoms in total. The summed E-state index contributed by atoms with van der Waals surface area (Å²) in [5.74, 6) is 2.17. The SMILES string of the molecule is C.CC.CC(C)(C)C1COc2ccccc2OC1. The molecule has 0 N–H and O–H groups in total. The Balaban J connectivity index is 0.000000917. The summed E-state index contributed by atoms with van der Waals surface area (Å²) in [5.41, 5.74) is 0.224. The number of hydrogen-bond donors (Lipinski definition) is 0. The van der Waals surface area contributed by atoms with Crippen molar-refractivity contribution in [3.8, 4) is 11.5 Å². The maximum atomic E-state index is 5.76. The largest absolute Gasteiger partial charge is 0.489 e. The summed E-state index contributed by atoms with van der Waals surface area (Å²) in [5, 5.41) is 0. The van der Waals surface area contributed by atoms with Gasteiger partial charge in [0.15, 0.2) is 11.5 Å². The van der Waals surface area contributed by atoms with Crippen LogP contribution < -0.4 is 9.47 Å². The molecule has 1 aliphatic heterocycles. The Morgan fingerprint density at radius 3 is 1.67 bits per heavy atom. The first-order valence-electron chi connectivity index (χ1n) is 6.42. The smallest absolute Gasteiger partial charge is 0.161 e. The highest BCUT2D eigenvalue weighted by molar-refractivity contribution is 5.39. The molecule has 1 aliphatic rings. The van der Waals surface area contributed by atoms with E-state index in [4.69, 9.17) is 9.47 Å². The van der Waals surface area contributed by atoms with Crippen LogP contribution in [0.25, 0.3) is 0 Å². The summed E-state index contributed by atoms with van der Waals surface area (Å²) < 4.78 is 11.5. The number of ether oxygens (including phenoxy) is 2. The number of para-hydroxylation sites is 2. The zero-order valence-corrected chi connectivity index (χ0v) is 11.6. The molecular weight excluding hydrogens is 224 g/mol. The quantitative estimate of drug-likeness (QED) is 0.661. The fourth-order valence-electron chi connectivity index (χ4n) is 1.62. The van der Waals surface area contributed by atoms with Crippen LogP contribution in [0.4, 0.5) is 0 Å². The second-order valence-corrected chi connectivity index (χ2v) is 5.13. The van der Waals surface area contributed by atoms with Gasteiger partial charge in [-0.05, 0) is 17.5 Å². The third kappa shape index (κ3) is 4.25. The maximum Gasteiger partial charge on any atom is 0.161 e. The van der Waals surface area contributed by atoms with E-state index in [-0.39, 0.29) is 12.8 Å². The first-order valence-corrected chi connectivity index (χ1v) is 6.42. The van der Waals surface area contributed by atoms with Crippen LogP contribution in [0.2, 0.25) is 0 Å². The second kappa shape index (κ2) is 7.30. The predicted molar refractivity (Wildman–Crippen MR) is 78.5 cm³/mol. The van der Waals surface area contributed by atoms with Gasteiger partial charge in [0.25, 0.3) is 0 Å². The molecule has 104 valence electrons. The molecule has 0 aliphatic carbocycles. The molecule has 0 radical (unpaired) electrons. The first-order chi connectivity index (χ1) is 8.07. The molecule has 2 rings (SSSR count). The van der Waals surface area contributed by atoms with Crippen molar-refractivity contribution >= 4 is 0 Å². The summed E-state index contributed by atoms with van der Waals surface area (Å²) in [7, 11) is 0. The van der Waals surface area contributed by atoms with Gasteiger partial charge >= 0.3 is 0 Å². The number of hydrogen-bond acceptors (Lipinski definition) is 2. The van der Waals surface area contributed by atoms with E-state index >= 15 is 0 Å². The minimum absolute atomic E-state index is 0. The van der Waals surface area contributed by atoms with E-state index in [1.807, 2.05) is 38.1 Å². The standard InChI is InChI=1S/C13H18O2.C2H6.CH4/c1-13(2,3)10-8-14-11-6-4-5-7-12(11)15-9-10;1-2;/h4-7,10H,8-9H2,1-3H3;1-2H3;1H4. The van der Waals surface area contributed by atoms with E-state index in [9.17, 15) is 0 Å². The van der Waals surface area contributed by atoms with Gasteiger partial charge in [0.05, 0.1) is 13.2 Å². The molecule has 0 unspecified atom stereocenters. The molecular formula is C16H28O2. The Kier molecular flexibility index (Phi) is 6.82. The van der Waals surface area contributed by atoms with Gasteiger partial charge in [0, 0.05) is 5.92 Å². The van der Waals surface area contributed by atoms with E-state index < -0.39 is 0 Å². The number of rotatable bonds is 0. The summed E-state index contributed by atoms with van der Waals surface area (Å²) >= 11 is 0. The van der Waals surface area contributed by atoms with Crippen LogP contribution in [0.1, 0.15) is 42.0 Å².